The van der Waals surface area contributed by atoms with Crippen molar-refractivity contribution in [3.05, 3.63) is 57.7 Å². The second kappa shape index (κ2) is 9.54. The molecule has 5 rings (SSSR count). The predicted molar refractivity (Wildman–Crippen MR) is 132 cm³/mol. The first kappa shape index (κ1) is 21.9. The number of nitrogens with one attached hydrogen (secondary N) is 2. The zero-order valence-corrected chi connectivity index (χ0v) is 19.9. The van der Waals surface area contributed by atoms with Gasteiger partial charge >= 0.3 is 0 Å². The summed E-state index contributed by atoms with van der Waals surface area (Å²) in [6.07, 6.45) is 0.937. The molecule has 0 spiro atoms. The van der Waals surface area contributed by atoms with Gasteiger partial charge in [0.05, 0.1) is 16.3 Å². The molecule has 33 heavy (non-hydrogen) atoms. The van der Waals surface area contributed by atoms with E-state index in [0.29, 0.717) is 16.0 Å². The number of carbonyl (C=O) groups excluding carboxylic acids is 1. The third-order valence-electron chi connectivity index (χ3n) is 6.12. The van der Waals surface area contributed by atoms with Crippen LogP contribution in [0.4, 0.5) is 16.9 Å². The number of hydrogen-bond donors (Lipinski definition) is 2. The minimum atomic E-state index is 0.0301. The minimum Gasteiger partial charge on any atom is -0.354 e. The van der Waals surface area contributed by atoms with Crippen LogP contribution in [0.1, 0.15) is 39.1 Å². The summed E-state index contributed by atoms with van der Waals surface area (Å²) >= 11 is 1.36. The van der Waals surface area contributed by atoms with Gasteiger partial charge in [0.2, 0.25) is 5.95 Å². The Morgan fingerprint density at radius 2 is 1.91 bits per heavy atom. The summed E-state index contributed by atoms with van der Waals surface area (Å²) in [6, 6.07) is 10.6. The van der Waals surface area contributed by atoms with E-state index in [1.165, 1.54) is 22.5 Å². The van der Waals surface area contributed by atoms with Crippen molar-refractivity contribution in [1.82, 2.24) is 25.2 Å². The molecule has 1 aromatic carbocycles. The van der Waals surface area contributed by atoms with E-state index in [4.69, 9.17) is 9.97 Å². The number of aryl methyl sites for hydroxylation is 1. The number of thiazole rings is 1. The van der Waals surface area contributed by atoms with Gasteiger partial charge in [-0.3, -0.25) is 15.0 Å². The fourth-order valence-electron chi connectivity index (χ4n) is 4.51. The average Bonchev–Trinajstić information content (AvgIpc) is 3.20. The van der Waals surface area contributed by atoms with Crippen LogP contribution in [0.5, 0.6) is 0 Å². The molecule has 0 saturated carbocycles. The van der Waals surface area contributed by atoms with Gasteiger partial charge < -0.3 is 10.2 Å². The molecule has 0 aliphatic carbocycles. The van der Waals surface area contributed by atoms with E-state index in [9.17, 15) is 4.79 Å². The zero-order valence-electron chi connectivity index (χ0n) is 19.1. The lowest BCUT2D eigenvalue weighted by atomic mass is 10.0. The second-order valence-corrected chi connectivity index (χ2v) is 9.59. The van der Waals surface area contributed by atoms with Gasteiger partial charge in [0.1, 0.15) is 5.82 Å². The highest BCUT2D eigenvalue weighted by atomic mass is 32.1. The van der Waals surface area contributed by atoms with E-state index in [0.717, 1.165) is 69.4 Å². The first-order chi connectivity index (χ1) is 16.1. The second-order valence-electron chi connectivity index (χ2n) is 8.59. The van der Waals surface area contributed by atoms with E-state index < -0.39 is 0 Å². The Morgan fingerprint density at radius 1 is 1.12 bits per heavy atom. The van der Waals surface area contributed by atoms with Crippen molar-refractivity contribution in [1.29, 1.82) is 0 Å². The van der Waals surface area contributed by atoms with Crippen molar-refractivity contribution in [3.8, 4) is 0 Å². The highest BCUT2D eigenvalue weighted by Gasteiger charge is 2.26. The summed E-state index contributed by atoms with van der Waals surface area (Å²) in [5.41, 5.74) is 4.38. The van der Waals surface area contributed by atoms with E-state index in [2.05, 4.69) is 55.7 Å². The summed E-state index contributed by atoms with van der Waals surface area (Å²) in [7, 11) is 0. The standard InChI is InChI=1S/C24H29N7OS/c1-16-21(17(2)32)33-24(26-16)29-23-27-20-15-30(14-18-6-4-3-5-7-18)11-8-19(20)22(28-23)31-12-9-25-10-13-31/h3-7,25H,8-15H2,1-2H3,(H,26,27,28,29). The lowest BCUT2D eigenvalue weighted by molar-refractivity contribution is 0.102. The molecule has 172 valence electrons. The number of carbonyl (C=O) groups is 1. The number of piperazine rings is 1. The minimum absolute atomic E-state index is 0.0301. The molecule has 2 aliphatic rings. The van der Waals surface area contributed by atoms with Crippen LogP contribution in [0.15, 0.2) is 30.3 Å². The molecule has 1 fully saturated rings. The highest BCUT2D eigenvalue weighted by molar-refractivity contribution is 7.17. The summed E-state index contributed by atoms with van der Waals surface area (Å²) in [5, 5.41) is 7.36. The maximum absolute atomic E-state index is 11.9. The Kier molecular flexibility index (Phi) is 6.34. The maximum Gasteiger partial charge on any atom is 0.231 e. The van der Waals surface area contributed by atoms with Crippen LogP contribution in [0.2, 0.25) is 0 Å². The van der Waals surface area contributed by atoms with Crippen molar-refractivity contribution in [2.24, 2.45) is 0 Å². The average molecular weight is 464 g/mol. The normalized spacial score (nSPS) is 16.5. The largest absolute Gasteiger partial charge is 0.354 e. The van der Waals surface area contributed by atoms with Gasteiger partial charge in [-0.05, 0) is 18.9 Å². The molecule has 2 aromatic heterocycles. The van der Waals surface area contributed by atoms with Crippen LogP contribution in [-0.2, 0) is 19.5 Å². The zero-order chi connectivity index (χ0) is 22.8. The Bertz CT molecular complexity index is 1140. The molecule has 0 amide bonds. The molecule has 4 heterocycles. The van der Waals surface area contributed by atoms with E-state index >= 15 is 0 Å². The van der Waals surface area contributed by atoms with Gasteiger partial charge in [-0.1, -0.05) is 41.7 Å². The number of rotatable bonds is 6. The van der Waals surface area contributed by atoms with Crippen LogP contribution in [-0.4, -0.2) is 58.4 Å². The van der Waals surface area contributed by atoms with Crippen LogP contribution in [0.3, 0.4) is 0 Å². The lowest BCUT2D eigenvalue weighted by Crippen LogP contribution is -2.45. The molecule has 9 heteroatoms. The summed E-state index contributed by atoms with van der Waals surface area (Å²) < 4.78 is 0. The number of anilines is 3. The third-order valence-corrected chi connectivity index (χ3v) is 7.30. The third kappa shape index (κ3) is 4.90. The number of ketones is 1. The summed E-state index contributed by atoms with van der Waals surface area (Å²) in [4.78, 5) is 31.7. The number of hydrogen-bond acceptors (Lipinski definition) is 9. The van der Waals surface area contributed by atoms with Gasteiger partial charge in [-0.25, -0.2) is 9.97 Å². The molecule has 0 radical (unpaired) electrons. The molecule has 2 aliphatic heterocycles. The van der Waals surface area contributed by atoms with E-state index in [1.54, 1.807) is 6.92 Å². The van der Waals surface area contributed by atoms with Gasteiger partial charge in [-0.2, -0.15) is 4.98 Å². The SMILES string of the molecule is CC(=O)c1sc(Nc2nc3c(c(N4CCNCC4)n2)CCN(Cc2ccccc2)C3)nc1C. The molecule has 0 unspecified atom stereocenters. The Balaban J connectivity index is 1.45. The highest BCUT2D eigenvalue weighted by Crippen LogP contribution is 2.31. The van der Waals surface area contributed by atoms with E-state index in [-0.39, 0.29) is 5.78 Å². The van der Waals surface area contributed by atoms with Crippen molar-refractivity contribution in [2.75, 3.05) is 42.9 Å². The number of aromatic nitrogens is 3. The topological polar surface area (TPSA) is 86.3 Å². The smallest absolute Gasteiger partial charge is 0.231 e. The Morgan fingerprint density at radius 3 is 2.64 bits per heavy atom. The molecule has 3 aromatic rings. The number of nitrogens with zero attached hydrogens (tertiary/aromatic N) is 5. The van der Waals surface area contributed by atoms with Crippen LogP contribution in [0.25, 0.3) is 0 Å². The van der Waals surface area contributed by atoms with E-state index in [1.807, 2.05) is 6.92 Å². The van der Waals surface area contributed by atoms with Crippen LogP contribution >= 0.6 is 11.3 Å². The van der Waals surface area contributed by atoms with Crippen molar-refractivity contribution < 1.29 is 4.79 Å². The van der Waals surface area contributed by atoms with Gasteiger partial charge in [0.25, 0.3) is 0 Å². The van der Waals surface area contributed by atoms with Crippen molar-refractivity contribution in [3.63, 3.8) is 0 Å². The summed E-state index contributed by atoms with van der Waals surface area (Å²) in [5.74, 6) is 1.61. The monoisotopic (exact) mass is 463 g/mol. The molecular formula is C24H29N7OS. The Hall–Kier alpha value is -2.88. The molecule has 0 atom stereocenters. The fraction of sp³-hybridized carbons (Fsp3) is 0.417. The number of fused-ring (bicyclic) bond motifs is 1. The van der Waals surface area contributed by atoms with Gasteiger partial charge in [0, 0.05) is 58.3 Å². The van der Waals surface area contributed by atoms with Gasteiger partial charge in [-0.15, -0.1) is 0 Å². The predicted octanol–water partition coefficient (Wildman–Crippen LogP) is 3.16. The van der Waals surface area contributed by atoms with Crippen LogP contribution in [0, 0.1) is 6.92 Å². The number of benzene rings is 1. The molecule has 1 saturated heterocycles. The first-order valence-electron chi connectivity index (χ1n) is 11.4. The van der Waals surface area contributed by atoms with Crippen LogP contribution < -0.4 is 15.5 Å². The van der Waals surface area contributed by atoms with Crippen molar-refractivity contribution in [2.45, 2.75) is 33.4 Å². The molecular weight excluding hydrogens is 434 g/mol. The Labute approximate surface area is 198 Å². The molecule has 8 nitrogen and oxygen atoms in total. The number of Topliss-reactive ketones (excluding diaryl/α,β-unsaturated/α-hetero) is 1. The van der Waals surface area contributed by atoms with Gasteiger partial charge in [0.15, 0.2) is 10.9 Å². The maximum atomic E-state index is 11.9. The molecule has 0 bridgehead atoms. The first-order valence-corrected chi connectivity index (χ1v) is 12.3. The quantitative estimate of drug-likeness (QED) is 0.539. The van der Waals surface area contributed by atoms with Crippen molar-refractivity contribution >= 4 is 34.0 Å². The lowest BCUT2D eigenvalue weighted by Gasteiger charge is -2.34. The summed E-state index contributed by atoms with van der Waals surface area (Å²) in [6.45, 7) is 9.89. The molecule has 2 N–H and O–H groups in total. The fourth-order valence-corrected chi connectivity index (χ4v) is 5.36.